The summed E-state index contributed by atoms with van der Waals surface area (Å²) in [5, 5.41) is 2.06. The molecule has 2 heterocycles. The molecule has 0 atom stereocenters. The van der Waals surface area contributed by atoms with Gasteiger partial charge in [0.15, 0.2) is 0 Å². The second kappa shape index (κ2) is 4.51. The van der Waals surface area contributed by atoms with Crippen LogP contribution in [0.2, 0.25) is 0 Å². The van der Waals surface area contributed by atoms with Crippen LogP contribution in [0.4, 0.5) is 0 Å². The number of hydrogen-bond donors (Lipinski definition) is 2. The van der Waals surface area contributed by atoms with Gasteiger partial charge in [0.25, 0.3) is 0 Å². The quantitative estimate of drug-likeness (QED) is 0.534. The Morgan fingerprint density at radius 3 is 1.71 bits per heavy atom. The Balaban J connectivity index is 1.99. The maximum absolute atomic E-state index is 11.6. The van der Waals surface area contributed by atoms with Gasteiger partial charge in [-0.2, -0.15) is 0 Å². The minimum Gasteiger partial charge on any atom is -0.361 e. The van der Waals surface area contributed by atoms with Gasteiger partial charge >= 0.3 is 0 Å². The highest BCUT2D eigenvalue weighted by atomic mass is 16.1. The van der Waals surface area contributed by atoms with Gasteiger partial charge in [0.1, 0.15) is 5.94 Å². The normalized spacial score (nSPS) is 10.9. The molecule has 0 radical (unpaired) electrons. The molecule has 0 bridgehead atoms. The first kappa shape index (κ1) is 11.8. The third-order valence-corrected chi connectivity index (χ3v) is 3.82. The van der Waals surface area contributed by atoms with Gasteiger partial charge in [-0.05, 0) is 12.1 Å². The van der Waals surface area contributed by atoms with Crippen molar-refractivity contribution >= 4 is 33.3 Å². The van der Waals surface area contributed by atoms with E-state index in [0.717, 1.165) is 32.9 Å². The molecule has 2 N–H and O–H groups in total. The fourth-order valence-electron chi connectivity index (χ4n) is 2.81. The van der Waals surface area contributed by atoms with Crippen molar-refractivity contribution in [3.8, 4) is 0 Å². The monoisotopic (exact) mass is 272 g/mol. The van der Waals surface area contributed by atoms with Crippen molar-refractivity contribution in [2.24, 2.45) is 0 Å². The Kier molecular flexibility index (Phi) is 2.53. The summed E-state index contributed by atoms with van der Waals surface area (Å²) in [6.07, 6.45) is 3.74. The van der Waals surface area contributed by atoms with E-state index in [1.54, 1.807) is 0 Å². The summed E-state index contributed by atoms with van der Waals surface area (Å²) in [5.74, 6) is 2.12. The van der Waals surface area contributed by atoms with Gasteiger partial charge in [0.05, 0.1) is 5.57 Å². The summed E-state index contributed by atoms with van der Waals surface area (Å²) in [7, 11) is 0. The highest BCUT2D eigenvalue weighted by Gasteiger charge is 2.15. The minimum atomic E-state index is 0.574. The molecule has 0 saturated heterocycles. The number of aromatic amines is 2. The maximum Gasteiger partial charge on any atom is 0.133 e. The molecule has 3 nitrogen and oxygen atoms in total. The number of H-pyrrole nitrogens is 2. The summed E-state index contributed by atoms with van der Waals surface area (Å²) in [4.78, 5) is 18.0. The van der Waals surface area contributed by atoms with Crippen molar-refractivity contribution in [2.75, 3.05) is 0 Å². The molecule has 4 rings (SSSR count). The molecule has 0 spiro atoms. The average molecular weight is 272 g/mol. The van der Waals surface area contributed by atoms with Crippen LogP contribution in [0.25, 0.3) is 27.4 Å². The van der Waals surface area contributed by atoms with Crippen LogP contribution in [0.1, 0.15) is 11.1 Å². The number of fused-ring (bicyclic) bond motifs is 2. The first-order valence-electron chi connectivity index (χ1n) is 6.76. The van der Waals surface area contributed by atoms with Gasteiger partial charge in [0, 0.05) is 45.3 Å². The molecule has 21 heavy (non-hydrogen) atoms. The Morgan fingerprint density at radius 1 is 0.762 bits per heavy atom. The fourth-order valence-corrected chi connectivity index (χ4v) is 2.81. The van der Waals surface area contributed by atoms with E-state index in [2.05, 4.69) is 15.9 Å². The molecule has 0 saturated carbocycles. The summed E-state index contributed by atoms with van der Waals surface area (Å²) < 4.78 is 0. The van der Waals surface area contributed by atoms with Crippen LogP contribution in [0.15, 0.2) is 60.9 Å². The number of rotatable bonds is 2. The van der Waals surface area contributed by atoms with Crippen LogP contribution in [0.3, 0.4) is 0 Å². The Morgan fingerprint density at radius 2 is 1.24 bits per heavy atom. The maximum atomic E-state index is 11.6. The number of benzene rings is 2. The predicted octanol–water partition coefficient (Wildman–Crippen LogP) is 3.91. The predicted molar refractivity (Wildman–Crippen MR) is 84.8 cm³/mol. The van der Waals surface area contributed by atoms with Crippen molar-refractivity contribution < 1.29 is 4.79 Å². The highest BCUT2D eigenvalue weighted by molar-refractivity contribution is 6.10. The van der Waals surface area contributed by atoms with E-state index in [0.29, 0.717) is 5.57 Å². The van der Waals surface area contributed by atoms with Gasteiger partial charge < -0.3 is 9.97 Å². The van der Waals surface area contributed by atoms with Gasteiger partial charge in [-0.3, -0.25) is 0 Å². The topological polar surface area (TPSA) is 48.6 Å². The van der Waals surface area contributed by atoms with Crippen LogP contribution in [-0.2, 0) is 4.79 Å². The van der Waals surface area contributed by atoms with Gasteiger partial charge in [-0.25, -0.2) is 4.79 Å². The number of carbonyl (C=O) groups excluding carboxylic acids is 1. The van der Waals surface area contributed by atoms with Crippen LogP contribution >= 0.6 is 0 Å². The first-order chi connectivity index (χ1) is 10.4. The standard InChI is InChI=1S/C18H12N2O/c21-11-16(14-9-19-17-7-3-1-5-12(14)17)15-10-20-18-8-4-2-6-13(15)18/h1-10,19-20H. The van der Waals surface area contributed by atoms with E-state index in [4.69, 9.17) is 0 Å². The number of hydrogen-bond acceptors (Lipinski definition) is 1. The lowest BCUT2D eigenvalue weighted by atomic mass is 9.98. The second-order valence-electron chi connectivity index (χ2n) is 4.97. The summed E-state index contributed by atoms with van der Waals surface area (Å²) in [5.41, 5.74) is 4.36. The van der Waals surface area contributed by atoms with Crippen LogP contribution < -0.4 is 0 Å². The number of para-hydroxylation sites is 2. The molecule has 0 aliphatic rings. The molecule has 0 fully saturated rings. The highest BCUT2D eigenvalue weighted by Crippen LogP contribution is 2.32. The molecular weight excluding hydrogens is 260 g/mol. The lowest BCUT2D eigenvalue weighted by molar-refractivity contribution is 0.569. The SMILES string of the molecule is O=C=C(c1c[nH]c2ccccc12)c1c[nH]c2ccccc12. The summed E-state index contributed by atoms with van der Waals surface area (Å²) in [6, 6.07) is 15.9. The second-order valence-corrected chi connectivity index (χ2v) is 4.97. The largest absolute Gasteiger partial charge is 0.361 e. The average Bonchev–Trinajstić information content (AvgIpc) is 3.14. The molecule has 2 aromatic heterocycles. The molecule has 0 aliphatic carbocycles. The van der Waals surface area contributed by atoms with E-state index in [1.165, 1.54) is 0 Å². The van der Waals surface area contributed by atoms with E-state index in [9.17, 15) is 4.79 Å². The molecule has 3 heteroatoms. The van der Waals surface area contributed by atoms with E-state index in [1.807, 2.05) is 60.9 Å². The Labute approximate surface area is 120 Å². The molecule has 0 aliphatic heterocycles. The van der Waals surface area contributed by atoms with Crippen molar-refractivity contribution in [2.45, 2.75) is 0 Å². The van der Waals surface area contributed by atoms with Gasteiger partial charge in [-0.1, -0.05) is 36.4 Å². The van der Waals surface area contributed by atoms with Gasteiger partial charge in [0.2, 0.25) is 0 Å². The van der Waals surface area contributed by atoms with Crippen LogP contribution in [-0.4, -0.2) is 15.9 Å². The third kappa shape index (κ3) is 1.72. The minimum absolute atomic E-state index is 0.574. The van der Waals surface area contributed by atoms with E-state index < -0.39 is 0 Å². The van der Waals surface area contributed by atoms with E-state index >= 15 is 0 Å². The first-order valence-corrected chi connectivity index (χ1v) is 6.76. The zero-order valence-electron chi connectivity index (χ0n) is 11.2. The van der Waals surface area contributed by atoms with E-state index in [-0.39, 0.29) is 0 Å². The van der Waals surface area contributed by atoms with Crippen molar-refractivity contribution in [3.63, 3.8) is 0 Å². The molecule has 0 amide bonds. The number of nitrogens with one attached hydrogen (secondary N) is 2. The van der Waals surface area contributed by atoms with Crippen molar-refractivity contribution in [3.05, 3.63) is 72.1 Å². The lowest BCUT2D eigenvalue weighted by Crippen LogP contribution is -1.86. The fraction of sp³-hybridized carbons (Fsp3) is 0. The summed E-state index contributed by atoms with van der Waals surface area (Å²) >= 11 is 0. The van der Waals surface area contributed by atoms with Crippen LogP contribution in [0.5, 0.6) is 0 Å². The molecular formula is C18H12N2O. The smallest absolute Gasteiger partial charge is 0.133 e. The molecule has 2 aromatic carbocycles. The third-order valence-electron chi connectivity index (χ3n) is 3.82. The molecule has 100 valence electrons. The number of aromatic nitrogens is 2. The van der Waals surface area contributed by atoms with Crippen molar-refractivity contribution in [1.82, 2.24) is 9.97 Å². The van der Waals surface area contributed by atoms with Crippen molar-refractivity contribution in [1.29, 1.82) is 0 Å². The molecule has 4 aromatic rings. The Hall–Kier alpha value is -3.03. The lowest BCUT2D eigenvalue weighted by Gasteiger charge is -2.01. The molecule has 0 unspecified atom stereocenters. The zero-order valence-corrected chi connectivity index (χ0v) is 11.2. The summed E-state index contributed by atoms with van der Waals surface area (Å²) in [6.45, 7) is 0. The zero-order chi connectivity index (χ0) is 14.2. The van der Waals surface area contributed by atoms with Gasteiger partial charge in [-0.15, -0.1) is 0 Å². The van der Waals surface area contributed by atoms with Crippen LogP contribution in [0, 0.1) is 0 Å². The Bertz CT molecular complexity index is 924.